The average molecular weight is 363 g/mol. The van der Waals surface area contributed by atoms with E-state index in [1.54, 1.807) is 17.5 Å². The molecule has 0 spiro atoms. The third-order valence-corrected chi connectivity index (χ3v) is 5.55. The normalized spacial score (nSPS) is 16.2. The van der Waals surface area contributed by atoms with Crippen molar-refractivity contribution in [3.8, 4) is 0 Å². The van der Waals surface area contributed by atoms with Crippen LogP contribution in [0.5, 0.6) is 0 Å². The van der Waals surface area contributed by atoms with E-state index in [0.717, 1.165) is 16.3 Å². The summed E-state index contributed by atoms with van der Waals surface area (Å²) < 4.78 is 0. The molecule has 0 bridgehead atoms. The van der Waals surface area contributed by atoms with Crippen LogP contribution in [0.1, 0.15) is 52.4 Å². The third-order valence-electron chi connectivity index (χ3n) is 4.69. The van der Waals surface area contributed by atoms with Crippen molar-refractivity contribution in [3.63, 3.8) is 0 Å². The lowest BCUT2D eigenvalue weighted by Crippen LogP contribution is -2.31. The molecule has 1 atom stereocenters. The molecule has 1 N–H and O–H groups in total. The number of amides is 1. The van der Waals surface area contributed by atoms with Crippen molar-refractivity contribution in [1.29, 1.82) is 0 Å². The van der Waals surface area contributed by atoms with E-state index in [4.69, 9.17) is 0 Å². The van der Waals surface area contributed by atoms with Crippen LogP contribution in [-0.4, -0.2) is 15.8 Å². The maximum atomic E-state index is 12.9. The predicted octanol–water partition coefficient (Wildman–Crippen LogP) is 5.03. The summed E-state index contributed by atoms with van der Waals surface area (Å²) in [7, 11) is 0. The SMILES string of the molecule is CC(C)c1ccc(N[C@@H]2c3ncccc3C(=O)N2Cc2cccs2)cc1. The van der Waals surface area contributed by atoms with Gasteiger partial charge in [0.1, 0.15) is 6.17 Å². The predicted molar refractivity (Wildman–Crippen MR) is 105 cm³/mol. The molecule has 3 aromatic rings. The van der Waals surface area contributed by atoms with Gasteiger partial charge in [-0.3, -0.25) is 9.78 Å². The minimum absolute atomic E-state index is 0.0257. The number of pyridine rings is 1. The number of nitrogens with one attached hydrogen (secondary N) is 1. The van der Waals surface area contributed by atoms with Gasteiger partial charge in [-0.05, 0) is 47.2 Å². The van der Waals surface area contributed by atoms with Gasteiger partial charge in [0.15, 0.2) is 0 Å². The fourth-order valence-corrected chi connectivity index (χ4v) is 3.94. The first-order valence-electron chi connectivity index (χ1n) is 8.78. The zero-order valence-corrected chi connectivity index (χ0v) is 15.7. The molecule has 26 heavy (non-hydrogen) atoms. The number of nitrogens with zero attached hydrogens (tertiary/aromatic N) is 2. The van der Waals surface area contributed by atoms with Crippen molar-refractivity contribution in [1.82, 2.24) is 9.88 Å². The number of benzene rings is 1. The highest BCUT2D eigenvalue weighted by atomic mass is 32.1. The van der Waals surface area contributed by atoms with Crippen molar-refractivity contribution >= 4 is 22.9 Å². The van der Waals surface area contributed by atoms with Crippen LogP contribution in [0, 0.1) is 0 Å². The lowest BCUT2D eigenvalue weighted by atomic mass is 10.0. The molecule has 1 amide bonds. The molecule has 0 unspecified atom stereocenters. The van der Waals surface area contributed by atoms with Crippen molar-refractivity contribution < 1.29 is 4.79 Å². The number of hydrogen-bond acceptors (Lipinski definition) is 4. The second-order valence-electron chi connectivity index (χ2n) is 6.77. The highest BCUT2D eigenvalue weighted by Crippen LogP contribution is 2.34. The molecule has 5 heteroatoms. The quantitative estimate of drug-likeness (QED) is 0.691. The van der Waals surface area contributed by atoms with E-state index in [1.807, 2.05) is 28.5 Å². The van der Waals surface area contributed by atoms with Crippen molar-refractivity contribution in [3.05, 3.63) is 81.8 Å². The zero-order chi connectivity index (χ0) is 18.1. The van der Waals surface area contributed by atoms with Gasteiger partial charge in [0.2, 0.25) is 0 Å². The molecule has 0 aliphatic carbocycles. The molecule has 132 valence electrons. The maximum absolute atomic E-state index is 12.9. The Morgan fingerprint density at radius 1 is 1.15 bits per heavy atom. The minimum Gasteiger partial charge on any atom is -0.360 e. The third kappa shape index (κ3) is 3.10. The van der Waals surface area contributed by atoms with Gasteiger partial charge in [0, 0.05) is 16.8 Å². The Balaban J connectivity index is 1.64. The van der Waals surface area contributed by atoms with Crippen LogP contribution in [-0.2, 0) is 6.54 Å². The number of carbonyl (C=O) groups is 1. The van der Waals surface area contributed by atoms with E-state index < -0.39 is 0 Å². The Kier molecular flexibility index (Phi) is 4.47. The highest BCUT2D eigenvalue weighted by Gasteiger charge is 2.38. The topological polar surface area (TPSA) is 45.2 Å². The highest BCUT2D eigenvalue weighted by molar-refractivity contribution is 7.09. The molecule has 0 radical (unpaired) electrons. The number of carbonyl (C=O) groups excluding carboxylic acids is 1. The fourth-order valence-electron chi connectivity index (χ4n) is 3.24. The number of thiophene rings is 1. The molecular weight excluding hydrogens is 342 g/mol. The van der Waals surface area contributed by atoms with Crippen LogP contribution in [0.4, 0.5) is 5.69 Å². The Hall–Kier alpha value is -2.66. The van der Waals surface area contributed by atoms with Crippen LogP contribution >= 0.6 is 11.3 Å². The molecule has 1 aliphatic heterocycles. The molecule has 4 nitrogen and oxygen atoms in total. The standard InChI is InChI=1S/C21H21N3OS/c1-14(2)15-7-9-16(10-8-15)23-20-19-18(6-3-11-22-19)21(25)24(20)13-17-5-4-12-26-17/h3-12,14,20,23H,13H2,1-2H3/t20-/m0/s1. The van der Waals surface area contributed by atoms with Crippen LogP contribution in [0.15, 0.2) is 60.1 Å². The lowest BCUT2D eigenvalue weighted by molar-refractivity contribution is 0.0729. The first-order chi connectivity index (χ1) is 12.6. The summed E-state index contributed by atoms with van der Waals surface area (Å²) in [5.41, 5.74) is 3.76. The van der Waals surface area contributed by atoms with Gasteiger partial charge in [-0.1, -0.05) is 32.0 Å². The van der Waals surface area contributed by atoms with Crippen LogP contribution in [0.25, 0.3) is 0 Å². The van der Waals surface area contributed by atoms with Gasteiger partial charge in [-0.15, -0.1) is 11.3 Å². The van der Waals surface area contributed by atoms with Gasteiger partial charge >= 0.3 is 0 Å². The summed E-state index contributed by atoms with van der Waals surface area (Å²) >= 11 is 1.66. The van der Waals surface area contributed by atoms with Gasteiger partial charge in [0.05, 0.1) is 17.8 Å². The summed E-state index contributed by atoms with van der Waals surface area (Å²) in [6.07, 6.45) is 1.49. The van der Waals surface area contributed by atoms with Crippen molar-refractivity contribution in [2.75, 3.05) is 5.32 Å². The summed E-state index contributed by atoms with van der Waals surface area (Å²) in [6, 6.07) is 16.2. The van der Waals surface area contributed by atoms with Gasteiger partial charge in [-0.25, -0.2) is 0 Å². The molecule has 0 saturated carbocycles. The number of aromatic nitrogens is 1. The van der Waals surface area contributed by atoms with Gasteiger partial charge in [0.25, 0.3) is 5.91 Å². The van der Waals surface area contributed by atoms with Crippen molar-refractivity contribution in [2.45, 2.75) is 32.5 Å². The molecule has 0 saturated heterocycles. The largest absolute Gasteiger partial charge is 0.360 e. The van der Waals surface area contributed by atoms with Gasteiger partial charge < -0.3 is 10.2 Å². The van der Waals surface area contributed by atoms with Crippen LogP contribution < -0.4 is 5.32 Å². The number of hydrogen-bond donors (Lipinski definition) is 1. The lowest BCUT2D eigenvalue weighted by Gasteiger charge is -2.26. The second kappa shape index (κ2) is 6.92. The first-order valence-corrected chi connectivity index (χ1v) is 9.66. The van der Waals surface area contributed by atoms with E-state index in [-0.39, 0.29) is 12.1 Å². The average Bonchev–Trinajstić information content (AvgIpc) is 3.25. The van der Waals surface area contributed by atoms with Gasteiger partial charge in [-0.2, -0.15) is 0 Å². The molecule has 2 aromatic heterocycles. The second-order valence-corrected chi connectivity index (χ2v) is 7.80. The van der Waals surface area contributed by atoms with E-state index in [1.165, 1.54) is 5.56 Å². The Morgan fingerprint density at radius 3 is 2.65 bits per heavy atom. The molecule has 1 aromatic carbocycles. The number of anilines is 1. The van der Waals surface area contributed by atoms with E-state index in [9.17, 15) is 4.79 Å². The summed E-state index contributed by atoms with van der Waals surface area (Å²) in [4.78, 5) is 20.4. The Bertz CT molecular complexity index is 903. The van der Waals surface area contributed by atoms with E-state index in [0.29, 0.717) is 18.0 Å². The number of rotatable bonds is 5. The molecular formula is C21H21N3OS. The summed E-state index contributed by atoms with van der Waals surface area (Å²) in [5.74, 6) is 0.521. The minimum atomic E-state index is -0.259. The van der Waals surface area contributed by atoms with E-state index >= 15 is 0 Å². The molecule has 0 fully saturated rings. The Morgan fingerprint density at radius 2 is 1.96 bits per heavy atom. The van der Waals surface area contributed by atoms with E-state index in [2.05, 4.69) is 54.5 Å². The van der Waals surface area contributed by atoms with Crippen LogP contribution in [0.3, 0.4) is 0 Å². The monoisotopic (exact) mass is 363 g/mol. The van der Waals surface area contributed by atoms with Crippen LogP contribution in [0.2, 0.25) is 0 Å². The first kappa shape index (κ1) is 16.8. The molecule has 4 rings (SSSR count). The van der Waals surface area contributed by atoms with Crippen molar-refractivity contribution in [2.24, 2.45) is 0 Å². The molecule has 1 aliphatic rings. The maximum Gasteiger partial charge on any atom is 0.258 e. The Labute approximate surface area is 157 Å². The fraction of sp³-hybridized carbons (Fsp3) is 0.238. The zero-order valence-electron chi connectivity index (χ0n) is 14.8. The molecule has 3 heterocycles. The smallest absolute Gasteiger partial charge is 0.258 e. The summed E-state index contributed by atoms with van der Waals surface area (Å²) in [5, 5.41) is 5.54. The number of fused-ring (bicyclic) bond motifs is 1. The summed E-state index contributed by atoms with van der Waals surface area (Å²) in [6.45, 7) is 4.94.